The second-order valence-electron chi connectivity index (χ2n) is 8.64. The van der Waals surface area contributed by atoms with E-state index in [1.807, 2.05) is 30.0 Å². The highest BCUT2D eigenvalue weighted by atomic mass is 16.5. The Morgan fingerprint density at radius 3 is 2.94 bits per heavy atom. The molecule has 1 atom stereocenters. The van der Waals surface area contributed by atoms with Crippen LogP contribution >= 0.6 is 0 Å². The Morgan fingerprint density at radius 1 is 1.23 bits per heavy atom. The van der Waals surface area contributed by atoms with E-state index >= 15 is 0 Å². The lowest BCUT2D eigenvalue weighted by Crippen LogP contribution is -2.41. The number of tetrazole rings is 1. The molecule has 0 spiro atoms. The highest BCUT2D eigenvalue weighted by molar-refractivity contribution is 5.94. The van der Waals surface area contributed by atoms with Crippen molar-refractivity contribution in [3.63, 3.8) is 0 Å². The number of carbonyl (C=O) groups excluding carboxylic acids is 2. The molecule has 11 nitrogen and oxygen atoms in total. The summed E-state index contributed by atoms with van der Waals surface area (Å²) in [5, 5.41) is 14.4. The Labute approximate surface area is 202 Å². The lowest BCUT2D eigenvalue weighted by molar-refractivity contribution is -0.130. The fraction of sp³-hybridized carbons (Fsp3) is 0.417. The molecule has 2 aromatic heterocycles. The molecular weight excluding hydrogens is 450 g/mol. The fourth-order valence-electron chi connectivity index (χ4n) is 4.47. The van der Waals surface area contributed by atoms with E-state index < -0.39 is 0 Å². The van der Waals surface area contributed by atoms with Crippen molar-refractivity contribution in [2.75, 3.05) is 32.8 Å². The lowest BCUT2D eigenvalue weighted by atomic mass is 9.95. The van der Waals surface area contributed by atoms with E-state index in [1.54, 1.807) is 12.3 Å². The molecule has 0 radical (unpaired) electrons. The molecule has 35 heavy (non-hydrogen) atoms. The summed E-state index contributed by atoms with van der Waals surface area (Å²) in [4.78, 5) is 31.0. The molecule has 0 saturated carbocycles. The van der Waals surface area contributed by atoms with Crippen molar-refractivity contribution in [3.05, 3.63) is 64.6 Å². The average Bonchev–Trinajstić information content (AvgIpc) is 3.54. The van der Waals surface area contributed by atoms with Crippen LogP contribution in [0.5, 0.6) is 0 Å². The van der Waals surface area contributed by atoms with Gasteiger partial charge in [-0.15, -0.1) is 5.10 Å². The number of hydrogen-bond donors (Lipinski definition) is 1. The van der Waals surface area contributed by atoms with Crippen molar-refractivity contribution in [1.82, 2.24) is 35.4 Å². The lowest BCUT2D eigenvalue weighted by Gasteiger charge is -2.27. The zero-order valence-corrected chi connectivity index (χ0v) is 19.5. The summed E-state index contributed by atoms with van der Waals surface area (Å²) >= 11 is 0. The van der Waals surface area contributed by atoms with Gasteiger partial charge in [0.25, 0.3) is 0 Å². The van der Waals surface area contributed by atoms with Crippen LogP contribution in [0.1, 0.15) is 45.1 Å². The third kappa shape index (κ3) is 5.05. The molecule has 182 valence electrons. The maximum Gasteiger partial charge on any atom is 0.338 e. The number of pyridine rings is 1. The first kappa shape index (κ1) is 23.1. The van der Waals surface area contributed by atoms with E-state index in [0.717, 1.165) is 28.7 Å². The maximum atomic E-state index is 13.0. The van der Waals surface area contributed by atoms with Crippen molar-refractivity contribution in [2.45, 2.75) is 32.5 Å². The van der Waals surface area contributed by atoms with Crippen LogP contribution in [0.4, 0.5) is 0 Å². The van der Waals surface area contributed by atoms with Gasteiger partial charge < -0.3 is 19.7 Å². The molecule has 5 rings (SSSR count). The Kier molecular flexibility index (Phi) is 6.77. The van der Waals surface area contributed by atoms with E-state index in [-0.39, 0.29) is 24.4 Å². The van der Waals surface area contributed by atoms with E-state index in [0.29, 0.717) is 50.8 Å². The summed E-state index contributed by atoms with van der Waals surface area (Å²) in [6.07, 6.45) is 4.05. The molecule has 1 aromatic carbocycles. The number of amides is 1. The third-order valence-corrected chi connectivity index (χ3v) is 6.44. The molecule has 11 heteroatoms. The molecule has 0 bridgehead atoms. The van der Waals surface area contributed by atoms with Gasteiger partial charge in [-0.2, -0.15) is 4.68 Å². The van der Waals surface area contributed by atoms with Crippen molar-refractivity contribution in [3.8, 4) is 5.82 Å². The smallest absolute Gasteiger partial charge is 0.338 e. The predicted molar refractivity (Wildman–Crippen MR) is 124 cm³/mol. The summed E-state index contributed by atoms with van der Waals surface area (Å²) in [5.41, 5.74) is 4.55. The Hall–Kier alpha value is -3.70. The van der Waals surface area contributed by atoms with E-state index in [2.05, 4.69) is 25.8 Å². The molecule has 3 aromatic rings. The van der Waals surface area contributed by atoms with E-state index in [4.69, 9.17) is 9.47 Å². The topological polar surface area (TPSA) is 124 Å². The minimum atomic E-state index is -0.261. The van der Waals surface area contributed by atoms with Crippen LogP contribution in [-0.4, -0.2) is 74.8 Å². The number of rotatable bonds is 4. The van der Waals surface area contributed by atoms with Gasteiger partial charge in [-0.3, -0.25) is 4.79 Å². The standard InChI is InChI=1S/C24H27N7O4/c1-16-18(4-5-19-20(16)14-35-24(19)33)21-13-25-7-9-30(8-2-10-34-21)23(32)11-17-3-6-22(26-12-17)31-15-27-28-29-31/h3-6,12,15,21,25H,2,7-11,13-14H2,1H3/t21-/m0/s1. The zero-order valence-electron chi connectivity index (χ0n) is 19.5. The van der Waals surface area contributed by atoms with Crippen LogP contribution in [-0.2, 0) is 27.3 Å². The summed E-state index contributed by atoms with van der Waals surface area (Å²) in [7, 11) is 0. The number of benzene rings is 1. The summed E-state index contributed by atoms with van der Waals surface area (Å²) in [6.45, 7) is 5.39. The molecule has 2 aliphatic rings. The van der Waals surface area contributed by atoms with Crippen LogP contribution in [0.25, 0.3) is 5.82 Å². The van der Waals surface area contributed by atoms with Gasteiger partial charge >= 0.3 is 5.97 Å². The number of nitrogens with one attached hydrogen (secondary N) is 1. The van der Waals surface area contributed by atoms with Crippen molar-refractivity contribution < 1.29 is 19.1 Å². The number of ether oxygens (including phenoxy) is 2. The molecule has 2 aliphatic heterocycles. The fourth-order valence-corrected chi connectivity index (χ4v) is 4.47. The summed E-state index contributed by atoms with van der Waals surface area (Å²) < 4.78 is 12.9. The zero-order chi connectivity index (χ0) is 24.2. The van der Waals surface area contributed by atoms with Gasteiger partial charge in [-0.1, -0.05) is 12.1 Å². The summed E-state index contributed by atoms with van der Waals surface area (Å²) in [6, 6.07) is 7.46. The first-order chi connectivity index (χ1) is 17.1. The second-order valence-corrected chi connectivity index (χ2v) is 8.64. The van der Waals surface area contributed by atoms with Gasteiger partial charge in [0.2, 0.25) is 5.91 Å². The van der Waals surface area contributed by atoms with Crippen LogP contribution < -0.4 is 5.32 Å². The minimum Gasteiger partial charge on any atom is -0.457 e. The highest BCUT2D eigenvalue weighted by Gasteiger charge is 2.27. The number of fused-ring (bicyclic) bond motifs is 1. The van der Waals surface area contributed by atoms with E-state index in [1.165, 1.54) is 11.0 Å². The number of aromatic nitrogens is 5. The van der Waals surface area contributed by atoms with Crippen LogP contribution in [0.2, 0.25) is 0 Å². The monoisotopic (exact) mass is 477 g/mol. The Bertz CT molecular complexity index is 1190. The predicted octanol–water partition coefficient (Wildman–Crippen LogP) is 1.16. The number of nitrogens with zero attached hydrogens (tertiary/aromatic N) is 6. The van der Waals surface area contributed by atoms with E-state index in [9.17, 15) is 9.59 Å². The Morgan fingerprint density at radius 2 is 2.14 bits per heavy atom. The molecule has 0 aliphatic carbocycles. The van der Waals surface area contributed by atoms with Gasteiger partial charge in [-0.05, 0) is 52.6 Å². The first-order valence-electron chi connectivity index (χ1n) is 11.7. The first-order valence-corrected chi connectivity index (χ1v) is 11.7. The number of cyclic esters (lactones) is 1. The molecule has 0 unspecified atom stereocenters. The van der Waals surface area contributed by atoms with Gasteiger partial charge in [0.15, 0.2) is 5.82 Å². The normalized spacial score (nSPS) is 18.7. The van der Waals surface area contributed by atoms with Crippen LogP contribution in [0.3, 0.4) is 0 Å². The van der Waals surface area contributed by atoms with Gasteiger partial charge in [0.05, 0.1) is 18.1 Å². The van der Waals surface area contributed by atoms with Crippen LogP contribution in [0.15, 0.2) is 36.8 Å². The van der Waals surface area contributed by atoms with Crippen LogP contribution in [0, 0.1) is 6.92 Å². The molecule has 1 fully saturated rings. The Balaban J connectivity index is 1.17. The molecular formula is C24H27N7O4. The number of carbonyl (C=O) groups is 2. The summed E-state index contributed by atoms with van der Waals surface area (Å²) in [5.74, 6) is 0.391. The number of hydrogen-bond acceptors (Lipinski definition) is 9. The maximum absolute atomic E-state index is 13.0. The van der Waals surface area contributed by atoms with Crippen molar-refractivity contribution in [1.29, 1.82) is 0 Å². The quantitative estimate of drug-likeness (QED) is 0.551. The molecule has 1 saturated heterocycles. The third-order valence-electron chi connectivity index (χ3n) is 6.44. The molecule has 1 amide bonds. The minimum absolute atomic E-state index is 0.0556. The second kappa shape index (κ2) is 10.3. The highest BCUT2D eigenvalue weighted by Crippen LogP contribution is 2.30. The van der Waals surface area contributed by atoms with Gasteiger partial charge in [0, 0.05) is 44.5 Å². The van der Waals surface area contributed by atoms with Crippen molar-refractivity contribution in [2.24, 2.45) is 0 Å². The van der Waals surface area contributed by atoms with Gasteiger partial charge in [0.1, 0.15) is 12.9 Å². The van der Waals surface area contributed by atoms with Gasteiger partial charge in [-0.25, -0.2) is 9.78 Å². The largest absolute Gasteiger partial charge is 0.457 e. The van der Waals surface area contributed by atoms with Crippen molar-refractivity contribution >= 4 is 11.9 Å². The molecule has 1 N–H and O–H groups in total. The number of esters is 1. The molecule has 4 heterocycles. The SMILES string of the molecule is Cc1c([C@@H]2CNCCN(C(=O)Cc3ccc(-n4cnnn4)nc3)CCCO2)ccc2c1COC2=O. The average molecular weight is 478 g/mol.